The standard InChI is InChI=1S/C16H32N4.HI/c1-4-16(9-6-10-16)13-19-15(17-3)18-11-12-20(5-2)14-7-8-14;/h14H,4-13H2,1-3H3,(H2,17,18,19);1H. The SMILES string of the molecule is CCN(CCNC(=NC)NCC1(CC)CCC1)C1CC1.I. The van der Waals surface area contributed by atoms with Gasteiger partial charge in [0.1, 0.15) is 0 Å². The molecule has 0 amide bonds. The van der Waals surface area contributed by atoms with E-state index in [2.05, 4.69) is 34.4 Å². The first-order valence-corrected chi connectivity index (χ1v) is 8.41. The van der Waals surface area contributed by atoms with Crippen LogP contribution < -0.4 is 10.6 Å². The molecule has 0 aromatic heterocycles. The van der Waals surface area contributed by atoms with E-state index < -0.39 is 0 Å². The maximum atomic E-state index is 4.34. The Morgan fingerprint density at radius 2 is 1.95 bits per heavy atom. The van der Waals surface area contributed by atoms with Crippen molar-refractivity contribution in [3.63, 3.8) is 0 Å². The molecule has 2 aliphatic rings. The van der Waals surface area contributed by atoms with Gasteiger partial charge in [0.05, 0.1) is 0 Å². The van der Waals surface area contributed by atoms with E-state index >= 15 is 0 Å². The van der Waals surface area contributed by atoms with Gasteiger partial charge in [0.15, 0.2) is 5.96 Å². The third kappa shape index (κ3) is 5.58. The fourth-order valence-electron chi connectivity index (χ4n) is 3.18. The molecule has 2 fully saturated rings. The zero-order valence-corrected chi connectivity index (χ0v) is 16.3. The van der Waals surface area contributed by atoms with E-state index in [1.165, 1.54) is 38.5 Å². The minimum absolute atomic E-state index is 0. The number of hydrogen-bond donors (Lipinski definition) is 2. The molecule has 0 aromatic carbocycles. The fraction of sp³-hybridized carbons (Fsp3) is 0.938. The van der Waals surface area contributed by atoms with Crippen LogP contribution in [0, 0.1) is 5.41 Å². The molecule has 21 heavy (non-hydrogen) atoms. The van der Waals surface area contributed by atoms with Crippen molar-refractivity contribution < 1.29 is 0 Å². The van der Waals surface area contributed by atoms with Gasteiger partial charge >= 0.3 is 0 Å². The van der Waals surface area contributed by atoms with Crippen LogP contribution in [-0.2, 0) is 0 Å². The van der Waals surface area contributed by atoms with Crippen LogP contribution >= 0.6 is 24.0 Å². The Morgan fingerprint density at radius 3 is 2.38 bits per heavy atom. The number of halogens is 1. The highest BCUT2D eigenvalue weighted by atomic mass is 127. The minimum Gasteiger partial charge on any atom is -0.356 e. The number of likely N-dealkylation sites (N-methyl/N-ethyl adjacent to an activating group) is 1. The summed E-state index contributed by atoms with van der Waals surface area (Å²) in [5, 5.41) is 6.98. The molecule has 2 aliphatic carbocycles. The van der Waals surface area contributed by atoms with Crippen LogP contribution in [0.15, 0.2) is 4.99 Å². The van der Waals surface area contributed by atoms with Gasteiger partial charge in [-0.15, -0.1) is 24.0 Å². The maximum absolute atomic E-state index is 4.34. The van der Waals surface area contributed by atoms with Crippen LogP contribution in [0.5, 0.6) is 0 Å². The predicted molar refractivity (Wildman–Crippen MR) is 102 cm³/mol. The van der Waals surface area contributed by atoms with Crippen molar-refractivity contribution >= 4 is 29.9 Å². The Bertz CT molecular complexity index is 319. The van der Waals surface area contributed by atoms with Crippen molar-refractivity contribution in [2.45, 2.75) is 58.4 Å². The Balaban J connectivity index is 0.00000220. The van der Waals surface area contributed by atoms with Crippen molar-refractivity contribution in [3.8, 4) is 0 Å². The summed E-state index contributed by atoms with van der Waals surface area (Å²) >= 11 is 0. The van der Waals surface area contributed by atoms with Gasteiger partial charge in [-0.05, 0) is 44.1 Å². The highest BCUT2D eigenvalue weighted by molar-refractivity contribution is 14.0. The molecule has 0 radical (unpaired) electrons. The molecular weight excluding hydrogens is 375 g/mol. The molecule has 5 heteroatoms. The van der Waals surface area contributed by atoms with E-state index in [0.717, 1.165) is 38.2 Å². The smallest absolute Gasteiger partial charge is 0.191 e. The summed E-state index contributed by atoms with van der Waals surface area (Å²) < 4.78 is 0. The van der Waals surface area contributed by atoms with Gasteiger partial charge in [-0.2, -0.15) is 0 Å². The summed E-state index contributed by atoms with van der Waals surface area (Å²) in [5.41, 5.74) is 0.543. The number of rotatable bonds is 8. The molecule has 0 aliphatic heterocycles. The maximum Gasteiger partial charge on any atom is 0.191 e. The first-order valence-electron chi connectivity index (χ1n) is 8.41. The number of nitrogens with one attached hydrogen (secondary N) is 2. The molecule has 2 N–H and O–H groups in total. The van der Waals surface area contributed by atoms with Crippen molar-refractivity contribution in [2.24, 2.45) is 10.4 Å². The quantitative estimate of drug-likeness (QED) is 0.369. The number of aliphatic imine (C=N–C) groups is 1. The average molecular weight is 408 g/mol. The van der Waals surface area contributed by atoms with Crippen molar-refractivity contribution in [1.29, 1.82) is 0 Å². The van der Waals surface area contributed by atoms with Gasteiger partial charge < -0.3 is 10.6 Å². The van der Waals surface area contributed by atoms with Crippen LogP contribution in [0.25, 0.3) is 0 Å². The van der Waals surface area contributed by atoms with Crippen LogP contribution in [0.1, 0.15) is 52.4 Å². The Hall–Kier alpha value is -0.0400. The van der Waals surface area contributed by atoms with E-state index in [4.69, 9.17) is 0 Å². The molecule has 0 saturated heterocycles. The number of hydrogen-bond acceptors (Lipinski definition) is 2. The van der Waals surface area contributed by atoms with E-state index in [1.807, 2.05) is 7.05 Å². The third-order valence-electron chi connectivity index (χ3n) is 5.18. The van der Waals surface area contributed by atoms with Crippen molar-refractivity contribution in [2.75, 3.05) is 33.2 Å². The Kier molecular flexibility index (Phi) is 8.31. The van der Waals surface area contributed by atoms with E-state index in [9.17, 15) is 0 Å². The molecule has 0 unspecified atom stereocenters. The summed E-state index contributed by atoms with van der Waals surface area (Å²) in [7, 11) is 1.87. The molecule has 4 nitrogen and oxygen atoms in total. The van der Waals surface area contributed by atoms with Gasteiger partial charge in [0.25, 0.3) is 0 Å². The second-order valence-corrected chi connectivity index (χ2v) is 6.42. The Morgan fingerprint density at radius 1 is 1.24 bits per heavy atom. The molecule has 2 saturated carbocycles. The molecule has 0 atom stereocenters. The molecular formula is C16H33IN4. The number of nitrogens with zero attached hydrogens (tertiary/aromatic N) is 2. The van der Waals surface area contributed by atoms with E-state index in [-0.39, 0.29) is 24.0 Å². The van der Waals surface area contributed by atoms with Gasteiger partial charge in [0.2, 0.25) is 0 Å². The fourth-order valence-corrected chi connectivity index (χ4v) is 3.18. The third-order valence-corrected chi connectivity index (χ3v) is 5.18. The summed E-state index contributed by atoms with van der Waals surface area (Å²) in [6.45, 7) is 8.92. The van der Waals surface area contributed by atoms with Crippen LogP contribution in [0.4, 0.5) is 0 Å². The lowest BCUT2D eigenvalue weighted by Gasteiger charge is -2.41. The molecule has 2 rings (SSSR count). The highest BCUT2D eigenvalue weighted by Crippen LogP contribution is 2.42. The van der Waals surface area contributed by atoms with Gasteiger partial charge in [-0.25, -0.2) is 0 Å². The van der Waals surface area contributed by atoms with Gasteiger partial charge in [-0.1, -0.05) is 20.3 Å². The van der Waals surface area contributed by atoms with Crippen molar-refractivity contribution in [1.82, 2.24) is 15.5 Å². The average Bonchev–Trinajstić information content (AvgIpc) is 3.25. The van der Waals surface area contributed by atoms with E-state index in [0.29, 0.717) is 5.41 Å². The zero-order valence-electron chi connectivity index (χ0n) is 14.0. The lowest BCUT2D eigenvalue weighted by Crippen LogP contribution is -2.47. The van der Waals surface area contributed by atoms with Crippen LogP contribution in [0.3, 0.4) is 0 Å². The molecule has 0 heterocycles. The number of guanidine groups is 1. The molecule has 124 valence electrons. The first-order chi connectivity index (χ1) is 9.73. The molecule has 0 spiro atoms. The largest absolute Gasteiger partial charge is 0.356 e. The normalized spacial score (nSPS) is 20.7. The van der Waals surface area contributed by atoms with Crippen molar-refractivity contribution in [3.05, 3.63) is 0 Å². The van der Waals surface area contributed by atoms with Crippen LogP contribution in [-0.4, -0.2) is 50.1 Å². The predicted octanol–water partition coefficient (Wildman–Crippen LogP) is 2.83. The molecule has 0 bridgehead atoms. The van der Waals surface area contributed by atoms with E-state index in [1.54, 1.807) is 0 Å². The Labute approximate surface area is 147 Å². The summed E-state index contributed by atoms with van der Waals surface area (Å²) in [6, 6.07) is 0.857. The minimum atomic E-state index is 0. The zero-order chi connectivity index (χ0) is 14.4. The summed E-state index contributed by atoms with van der Waals surface area (Å²) in [6.07, 6.45) is 8.20. The first kappa shape index (κ1) is 19.0. The topological polar surface area (TPSA) is 39.7 Å². The lowest BCUT2D eigenvalue weighted by atomic mass is 9.67. The second-order valence-electron chi connectivity index (χ2n) is 6.42. The summed E-state index contributed by atoms with van der Waals surface area (Å²) in [4.78, 5) is 6.91. The monoisotopic (exact) mass is 408 g/mol. The second kappa shape index (κ2) is 9.18. The lowest BCUT2D eigenvalue weighted by molar-refractivity contribution is 0.131. The summed E-state index contributed by atoms with van der Waals surface area (Å²) in [5.74, 6) is 0.969. The van der Waals surface area contributed by atoms with Crippen LogP contribution in [0.2, 0.25) is 0 Å². The molecule has 0 aromatic rings. The highest BCUT2D eigenvalue weighted by Gasteiger charge is 2.34. The van der Waals surface area contributed by atoms with Gasteiger partial charge in [0, 0.05) is 32.7 Å². The van der Waals surface area contributed by atoms with Gasteiger partial charge in [-0.3, -0.25) is 9.89 Å².